The van der Waals surface area contributed by atoms with Crippen LogP contribution in [0.3, 0.4) is 0 Å². The molecule has 0 radical (unpaired) electrons. The van der Waals surface area contributed by atoms with E-state index in [-0.39, 0.29) is 29.4 Å². The van der Waals surface area contributed by atoms with Crippen LogP contribution in [0.4, 0.5) is 10.5 Å². The zero-order chi connectivity index (χ0) is 17.0. The van der Waals surface area contributed by atoms with Gasteiger partial charge in [0.25, 0.3) is 0 Å². The van der Waals surface area contributed by atoms with Gasteiger partial charge < -0.3 is 14.7 Å². The van der Waals surface area contributed by atoms with E-state index in [0.717, 1.165) is 12.8 Å². The number of ether oxygens (including phenoxy) is 1. The van der Waals surface area contributed by atoms with Crippen LogP contribution in [0.15, 0.2) is 18.3 Å². The molecule has 2 bridgehead atoms. The Kier molecular flexibility index (Phi) is 3.12. The van der Waals surface area contributed by atoms with Crippen LogP contribution in [-0.2, 0) is 0 Å². The maximum absolute atomic E-state index is 11.2. The van der Waals surface area contributed by atoms with Gasteiger partial charge >= 0.3 is 11.8 Å². The summed E-state index contributed by atoms with van der Waals surface area (Å²) in [7, 11) is 1.39. The summed E-state index contributed by atoms with van der Waals surface area (Å²) < 4.78 is 6.91. The summed E-state index contributed by atoms with van der Waals surface area (Å²) in [6.45, 7) is 0.518. The van der Waals surface area contributed by atoms with Crippen molar-refractivity contribution in [1.82, 2.24) is 14.7 Å². The van der Waals surface area contributed by atoms with Crippen LogP contribution >= 0.6 is 0 Å². The van der Waals surface area contributed by atoms with Crippen molar-refractivity contribution in [2.24, 2.45) is 5.92 Å². The number of piperidine rings is 1. The van der Waals surface area contributed by atoms with Gasteiger partial charge in [0.05, 0.1) is 23.6 Å². The average molecular weight is 332 g/mol. The highest BCUT2D eigenvalue weighted by Crippen LogP contribution is 2.45. The number of nitro benzene ring substituents is 1. The SMILES string of the molecule is COc1cc2nn([C@H]3C[C@@H]4C[C@H]3CN4C(=O)O)cc2cc1[N+](=O)[O-]. The molecule has 0 unspecified atom stereocenters. The first-order valence-corrected chi connectivity index (χ1v) is 7.68. The summed E-state index contributed by atoms with van der Waals surface area (Å²) in [5.74, 6) is 0.417. The molecule has 1 aliphatic heterocycles. The normalized spacial score (nSPS) is 25.4. The molecule has 1 aromatic heterocycles. The van der Waals surface area contributed by atoms with Crippen LogP contribution in [0.25, 0.3) is 10.9 Å². The number of hydrogen-bond acceptors (Lipinski definition) is 5. The fourth-order valence-corrected chi connectivity index (χ4v) is 4.02. The van der Waals surface area contributed by atoms with E-state index in [1.165, 1.54) is 18.1 Å². The predicted octanol–water partition coefficient (Wildman–Crippen LogP) is 2.27. The van der Waals surface area contributed by atoms with Crippen LogP contribution in [0.5, 0.6) is 5.75 Å². The number of rotatable bonds is 3. The Labute approximate surface area is 136 Å². The number of methoxy groups -OCH3 is 1. The second-order valence-electron chi connectivity index (χ2n) is 6.34. The van der Waals surface area contributed by atoms with E-state index in [9.17, 15) is 20.0 Å². The van der Waals surface area contributed by atoms with Crippen LogP contribution < -0.4 is 4.74 Å². The molecule has 4 rings (SSSR count). The minimum atomic E-state index is -0.869. The summed E-state index contributed by atoms with van der Waals surface area (Å²) in [5.41, 5.74) is 0.546. The number of nitrogens with zero attached hydrogens (tertiary/aromatic N) is 4. The van der Waals surface area contributed by atoms with Gasteiger partial charge in [0, 0.05) is 42.2 Å². The van der Waals surface area contributed by atoms with Crippen molar-refractivity contribution in [2.45, 2.75) is 24.9 Å². The number of amides is 1. The predicted molar refractivity (Wildman–Crippen MR) is 83.2 cm³/mol. The van der Waals surface area contributed by atoms with Crippen molar-refractivity contribution in [3.63, 3.8) is 0 Å². The molecule has 2 fully saturated rings. The van der Waals surface area contributed by atoms with Gasteiger partial charge in [0.2, 0.25) is 0 Å². The number of fused-ring (bicyclic) bond motifs is 3. The van der Waals surface area contributed by atoms with E-state index in [1.807, 2.05) is 4.68 Å². The third-order valence-corrected chi connectivity index (χ3v) is 5.11. The van der Waals surface area contributed by atoms with Crippen molar-refractivity contribution in [3.8, 4) is 5.75 Å². The number of carbonyl (C=O) groups is 1. The molecule has 9 nitrogen and oxygen atoms in total. The molecule has 9 heteroatoms. The monoisotopic (exact) mass is 332 g/mol. The molecule has 1 aliphatic carbocycles. The summed E-state index contributed by atoms with van der Waals surface area (Å²) >= 11 is 0. The minimum absolute atomic E-state index is 0.0358. The lowest BCUT2D eigenvalue weighted by Gasteiger charge is -2.29. The maximum atomic E-state index is 11.2. The fourth-order valence-electron chi connectivity index (χ4n) is 4.02. The minimum Gasteiger partial charge on any atom is -0.490 e. The van der Waals surface area contributed by atoms with Crippen LogP contribution in [0.1, 0.15) is 18.9 Å². The maximum Gasteiger partial charge on any atom is 0.407 e. The van der Waals surface area contributed by atoms with Gasteiger partial charge in [-0.3, -0.25) is 14.8 Å². The molecule has 1 amide bonds. The highest BCUT2D eigenvalue weighted by atomic mass is 16.6. The van der Waals surface area contributed by atoms with E-state index in [0.29, 0.717) is 17.4 Å². The van der Waals surface area contributed by atoms with Crippen molar-refractivity contribution < 1.29 is 19.6 Å². The topological polar surface area (TPSA) is 111 Å². The van der Waals surface area contributed by atoms with Gasteiger partial charge in [-0.2, -0.15) is 5.10 Å². The smallest absolute Gasteiger partial charge is 0.407 e. The largest absolute Gasteiger partial charge is 0.490 e. The number of hydrogen-bond donors (Lipinski definition) is 1. The van der Waals surface area contributed by atoms with Crippen LogP contribution in [0.2, 0.25) is 0 Å². The van der Waals surface area contributed by atoms with Crippen molar-refractivity contribution in [3.05, 3.63) is 28.4 Å². The van der Waals surface area contributed by atoms with Gasteiger partial charge in [0.1, 0.15) is 0 Å². The summed E-state index contributed by atoms with van der Waals surface area (Å²) in [4.78, 5) is 23.3. The number of benzene rings is 1. The van der Waals surface area contributed by atoms with E-state index in [4.69, 9.17) is 4.74 Å². The Hall–Kier alpha value is -2.84. The Balaban J connectivity index is 1.67. The molecule has 2 aliphatic rings. The first-order chi connectivity index (χ1) is 11.5. The summed E-state index contributed by atoms with van der Waals surface area (Å²) in [6, 6.07) is 3.20. The quantitative estimate of drug-likeness (QED) is 0.682. The highest BCUT2D eigenvalue weighted by Gasteiger charge is 2.47. The summed E-state index contributed by atoms with van der Waals surface area (Å²) in [6.07, 6.45) is 2.51. The first-order valence-electron chi connectivity index (χ1n) is 7.68. The van der Waals surface area contributed by atoms with E-state index >= 15 is 0 Å². The van der Waals surface area contributed by atoms with E-state index < -0.39 is 11.0 Å². The van der Waals surface area contributed by atoms with Gasteiger partial charge in [0.15, 0.2) is 5.75 Å². The first kappa shape index (κ1) is 14.7. The third kappa shape index (κ3) is 2.08. The molecular weight excluding hydrogens is 316 g/mol. The zero-order valence-corrected chi connectivity index (χ0v) is 13.0. The second-order valence-corrected chi connectivity index (χ2v) is 6.34. The zero-order valence-electron chi connectivity index (χ0n) is 13.0. The van der Waals surface area contributed by atoms with Crippen molar-refractivity contribution >= 4 is 22.7 Å². The number of aromatic nitrogens is 2. The van der Waals surface area contributed by atoms with E-state index in [1.54, 1.807) is 12.3 Å². The number of carboxylic acid groups (broad SMARTS) is 1. The standard InChI is InChI=1S/C15H16N4O5/c1-24-14-5-11-8(3-13(14)19(22)23)7-18(16-11)12-4-10-2-9(12)6-17(10)15(20)21/h3,5,7,9-10,12H,2,4,6H2,1H3,(H,20,21)/t9-,10-,12-/m0/s1. The molecular formula is C15H16N4O5. The molecule has 3 atom stereocenters. The molecule has 1 saturated carbocycles. The number of likely N-dealkylation sites (tertiary alicyclic amines) is 1. The Bertz CT molecular complexity index is 848. The van der Waals surface area contributed by atoms with Crippen molar-refractivity contribution in [1.29, 1.82) is 0 Å². The van der Waals surface area contributed by atoms with Gasteiger partial charge in [-0.15, -0.1) is 0 Å². The molecule has 1 saturated heterocycles. The van der Waals surface area contributed by atoms with Crippen LogP contribution in [0, 0.1) is 16.0 Å². The molecule has 24 heavy (non-hydrogen) atoms. The lowest BCUT2D eigenvalue weighted by atomic mass is 10.0. The second kappa shape index (κ2) is 5.08. The highest BCUT2D eigenvalue weighted by molar-refractivity contribution is 5.83. The third-order valence-electron chi connectivity index (χ3n) is 5.11. The lowest BCUT2D eigenvalue weighted by molar-refractivity contribution is -0.385. The lowest BCUT2D eigenvalue weighted by Crippen LogP contribution is -2.39. The van der Waals surface area contributed by atoms with Crippen molar-refractivity contribution in [2.75, 3.05) is 13.7 Å². The molecule has 0 spiro atoms. The molecule has 2 heterocycles. The Morgan fingerprint density at radius 1 is 1.46 bits per heavy atom. The van der Waals surface area contributed by atoms with Gasteiger partial charge in [-0.05, 0) is 12.8 Å². The molecule has 1 aromatic carbocycles. The Morgan fingerprint density at radius 2 is 2.25 bits per heavy atom. The van der Waals surface area contributed by atoms with Gasteiger partial charge in [-0.1, -0.05) is 0 Å². The van der Waals surface area contributed by atoms with Crippen LogP contribution in [-0.4, -0.2) is 50.5 Å². The molecule has 126 valence electrons. The molecule has 2 aromatic rings. The fraction of sp³-hybridized carbons (Fsp3) is 0.467. The summed E-state index contributed by atoms with van der Waals surface area (Å²) in [5, 5.41) is 25.5. The average Bonchev–Trinajstić information content (AvgIpc) is 3.25. The molecule has 1 N–H and O–H groups in total. The number of nitro groups is 1. The van der Waals surface area contributed by atoms with E-state index in [2.05, 4.69) is 5.10 Å². The van der Waals surface area contributed by atoms with Gasteiger partial charge in [-0.25, -0.2) is 4.79 Å². The Morgan fingerprint density at radius 3 is 2.83 bits per heavy atom.